The van der Waals surface area contributed by atoms with Gasteiger partial charge in [-0.3, -0.25) is 4.79 Å². The van der Waals surface area contributed by atoms with Gasteiger partial charge in [0.2, 0.25) is 5.91 Å². The maximum Gasteiger partial charge on any atom is 0.223 e. The molecule has 0 fully saturated rings. The van der Waals surface area contributed by atoms with E-state index in [2.05, 4.69) is 0 Å². The van der Waals surface area contributed by atoms with Gasteiger partial charge < -0.3 is 14.4 Å². The number of hydrogen-bond donors (Lipinski definition) is 0. The molecule has 4 nitrogen and oxygen atoms in total. The normalized spacial score (nSPS) is 15.1. The number of ether oxygens (including phenoxy) is 2. The highest BCUT2D eigenvalue weighted by molar-refractivity contribution is 5.93. The Morgan fingerprint density at radius 3 is 2.38 bits per heavy atom. The van der Waals surface area contributed by atoms with Crippen molar-refractivity contribution in [2.45, 2.75) is 13.3 Å². The molecule has 0 atom stereocenters. The van der Waals surface area contributed by atoms with Crippen molar-refractivity contribution in [2.75, 3.05) is 20.8 Å². The van der Waals surface area contributed by atoms with Crippen LogP contribution in [0.5, 0.6) is 11.5 Å². The molecule has 0 saturated carbocycles. The first-order chi connectivity index (χ1) is 11.6. The molecule has 0 N–H and O–H groups in total. The van der Waals surface area contributed by atoms with Crippen molar-refractivity contribution in [3.63, 3.8) is 0 Å². The number of benzene rings is 2. The number of nitrogens with zero attached hydrogens (tertiary/aromatic N) is 1. The van der Waals surface area contributed by atoms with Gasteiger partial charge in [0, 0.05) is 19.0 Å². The van der Waals surface area contributed by atoms with Gasteiger partial charge in [-0.05, 0) is 35.8 Å². The van der Waals surface area contributed by atoms with E-state index in [-0.39, 0.29) is 5.91 Å². The molecule has 24 heavy (non-hydrogen) atoms. The van der Waals surface area contributed by atoms with E-state index in [1.54, 1.807) is 21.1 Å². The second-order valence-electron chi connectivity index (χ2n) is 5.73. The van der Waals surface area contributed by atoms with Crippen molar-refractivity contribution < 1.29 is 14.3 Å². The summed E-state index contributed by atoms with van der Waals surface area (Å²) in [6.45, 7) is 2.26. The topological polar surface area (TPSA) is 38.8 Å². The minimum Gasteiger partial charge on any atom is -0.493 e. The molecule has 124 valence electrons. The van der Waals surface area contributed by atoms with E-state index in [1.807, 2.05) is 53.4 Å². The second kappa shape index (κ2) is 6.79. The summed E-state index contributed by atoms with van der Waals surface area (Å²) >= 11 is 0. The van der Waals surface area contributed by atoms with E-state index in [0.717, 1.165) is 28.8 Å². The predicted octanol–water partition coefficient (Wildman–Crippen LogP) is 3.61. The fourth-order valence-electron chi connectivity index (χ4n) is 3.05. The molecule has 1 aliphatic heterocycles. The summed E-state index contributed by atoms with van der Waals surface area (Å²) in [5.74, 6) is 1.42. The second-order valence-corrected chi connectivity index (χ2v) is 5.73. The molecule has 0 aromatic heterocycles. The van der Waals surface area contributed by atoms with Gasteiger partial charge in [0.1, 0.15) is 0 Å². The van der Waals surface area contributed by atoms with Crippen LogP contribution >= 0.6 is 0 Å². The van der Waals surface area contributed by atoms with Crippen LogP contribution in [0.15, 0.2) is 42.5 Å². The summed E-state index contributed by atoms with van der Waals surface area (Å²) < 4.78 is 10.8. The lowest BCUT2D eigenvalue weighted by Crippen LogP contribution is -2.33. The number of rotatable bonds is 3. The van der Waals surface area contributed by atoms with Crippen LogP contribution in [-0.4, -0.2) is 31.6 Å². The van der Waals surface area contributed by atoms with Gasteiger partial charge >= 0.3 is 0 Å². The standard InChI is InChI=1S/C20H21NO3/c1-14(22)21-10-9-16-12-19(23-2)20(24-3)13-17(16)18(21)11-15-7-5-4-6-8-15/h4-8,11-13H,9-10H2,1-3H3/b18-11+. The first-order valence-electron chi connectivity index (χ1n) is 7.94. The molecule has 2 aromatic rings. The lowest BCUT2D eigenvalue weighted by molar-refractivity contribution is -0.125. The lowest BCUT2D eigenvalue weighted by Gasteiger charge is -2.31. The average molecular weight is 323 g/mol. The van der Waals surface area contributed by atoms with Gasteiger partial charge in [-0.1, -0.05) is 30.3 Å². The molecule has 0 saturated heterocycles. The number of fused-ring (bicyclic) bond motifs is 1. The van der Waals surface area contributed by atoms with E-state index in [1.165, 1.54) is 0 Å². The highest BCUT2D eigenvalue weighted by Crippen LogP contribution is 2.38. The fraction of sp³-hybridized carbons (Fsp3) is 0.250. The molecule has 4 heteroatoms. The van der Waals surface area contributed by atoms with Gasteiger partial charge in [-0.25, -0.2) is 0 Å². The van der Waals surface area contributed by atoms with Crippen molar-refractivity contribution >= 4 is 17.7 Å². The minimum absolute atomic E-state index is 0.0395. The first-order valence-corrected chi connectivity index (χ1v) is 7.94. The number of methoxy groups -OCH3 is 2. The summed E-state index contributed by atoms with van der Waals surface area (Å²) in [7, 11) is 3.26. The predicted molar refractivity (Wildman–Crippen MR) is 95.0 cm³/mol. The molecule has 0 radical (unpaired) electrons. The lowest BCUT2D eigenvalue weighted by atomic mass is 9.94. The smallest absolute Gasteiger partial charge is 0.223 e. The molecule has 0 aliphatic carbocycles. The van der Waals surface area contributed by atoms with Crippen molar-refractivity contribution in [1.82, 2.24) is 4.90 Å². The van der Waals surface area contributed by atoms with Gasteiger partial charge in [0.15, 0.2) is 11.5 Å². The number of carbonyl (C=O) groups excluding carboxylic acids is 1. The van der Waals surface area contributed by atoms with Crippen LogP contribution in [0.4, 0.5) is 0 Å². The van der Waals surface area contributed by atoms with Crippen molar-refractivity contribution in [3.8, 4) is 11.5 Å². The zero-order valence-corrected chi connectivity index (χ0v) is 14.2. The van der Waals surface area contributed by atoms with Crippen LogP contribution in [0, 0.1) is 0 Å². The van der Waals surface area contributed by atoms with E-state index in [4.69, 9.17) is 9.47 Å². The van der Waals surface area contributed by atoms with Crippen molar-refractivity contribution in [1.29, 1.82) is 0 Å². The van der Waals surface area contributed by atoms with Crippen LogP contribution < -0.4 is 9.47 Å². The third kappa shape index (κ3) is 3.00. The molecule has 0 bridgehead atoms. The molecule has 1 amide bonds. The van der Waals surface area contributed by atoms with E-state index in [9.17, 15) is 4.79 Å². The van der Waals surface area contributed by atoms with Crippen molar-refractivity contribution in [3.05, 3.63) is 59.2 Å². The summed E-state index contributed by atoms with van der Waals surface area (Å²) in [5.41, 5.74) is 4.13. The highest BCUT2D eigenvalue weighted by Gasteiger charge is 2.25. The summed E-state index contributed by atoms with van der Waals surface area (Å²) in [6.07, 6.45) is 2.84. The summed E-state index contributed by atoms with van der Waals surface area (Å²) in [5, 5.41) is 0. The Balaban J connectivity index is 2.17. The Labute approximate surface area is 142 Å². The zero-order chi connectivity index (χ0) is 17.1. The van der Waals surface area contributed by atoms with Crippen LogP contribution in [0.25, 0.3) is 11.8 Å². The summed E-state index contributed by atoms with van der Waals surface area (Å²) in [4.78, 5) is 13.9. The Bertz CT molecular complexity index is 781. The molecule has 2 aromatic carbocycles. The Hall–Kier alpha value is -2.75. The first kappa shape index (κ1) is 16.1. The van der Waals surface area contributed by atoms with E-state index < -0.39 is 0 Å². The largest absolute Gasteiger partial charge is 0.493 e. The molecule has 0 unspecified atom stereocenters. The third-order valence-corrected chi connectivity index (χ3v) is 4.26. The molecular formula is C20H21NO3. The fourth-order valence-corrected chi connectivity index (χ4v) is 3.05. The van der Waals surface area contributed by atoms with Crippen LogP contribution in [0.1, 0.15) is 23.6 Å². The van der Waals surface area contributed by atoms with Crippen LogP contribution in [-0.2, 0) is 11.2 Å². The number of hydrogen-bond acceptors (Lipinski definition) is 3. The molecule has 0 spiro atoms. The molecular weight excluding hydrogens is 302 g/mol. The summed E-state index contributed by atoms with van der Waals surface area (Å²) in [6, 6.07) is 14.0. The minimum atomic E-state index is 0.0395. The number of amides is 1. The zero-order valence-electron chi connectivity index (χ0n) is 14.2. The van der Waals surface area contributed by atoms with Gasteiger partial charge in [-0.15, -0.1) is 0 Å². The van der Waals surface area contributed by atoms with E-state index >= 15 is 0 Å². The average Bonchev–Trinajstić information content (AvgIpc) is 2.61. The molecule has 1 aliphatic rings. The third-order valence-electron chi connectivity index (χ3n) is 4.26. The highest BCUT2D eigenvalue weighted by atomic mass is 16.5. The molecule has 3 rings (SSSR count). The number of carbonyl (C=O) groups is 1. The van der Waals surface area contributed by atoms with Crippen LogP contribution in [0.2, 0.25) is 0 Å². The molecule has 1 heterocycles. The van der Waals surface area contributed by atoms with Gasteiger partial charge in [0.25, 0.3) is 0 Å². The monoisotopic (exact) mass is 323 g/mol. The SMILES string of the molecule is COc1cc2c(cc1OC)/C(=C\c1ccccc1)N(C(C)=O)CC2. The van der Waals surface area contributed by atoms with Gasteiger partial charge in [0.05, 0.1) is 19.9 Å². The van der Waals surface area contributed by atoms with E-state index in [0.29, 0.717) is 18.0 Å². The van der Waals surface area contributed by atoms with Gasteiger partial charge in [-0.2, -0.15) is 0 Å². The Morgan fingerprint density at radius 1 is 1.08 bits per heavy atom. The maximum atomic E-state index is 12.1. The Morgan fingerprint density at radius 2 is 1.75 bits per heavy atom. The quantitative estimate of drug-likeness (QED) is 0.866. The van der Waals surface area contributed by atoms with Crippen LogP contribution in [0.3, 0.4) is 0 Å². The Kier molecular flexibility index (Phi) is 4.56. The maximum absolute atomic E-state index is 12.1. The van der Waals surface area contributed by atoms with Crippen molar-refractivity contribution in [2.24, 2.45) is 0 Å².